The van der Waals surface area contributed by atoms with E-state index in [4.69, 9.17) is 6.42 Å². The second kappa shape index (κ2) is 8.94. The molecule has 0 fully saturated rings. The van der Waals surface area contributed by atoms with Crippen molar-refractivity contribution in [3.05, 3.63) is 65.5 Å². The van der Waals surface area contributed by atoms with E-state index in [0.717, 1.165) is 6.07 Å². The number of nitrogens with zero attached hydrogens (tertiary/aromatic N) is 1. The molecule has 2 rings (SSSR count). The monoisotopic (exact) mass is 380 g/mol. The van der Waals surface area contributed by atoms with E-state index in [9.17, 15) is 22.4 Å². The van der Waals surface area contributed by atoms with Crippen molar-refractivity contribution in [3.8, 4) is 18.1 Å². The van der Waals surface area contributed by atoms with Crippen molar-refractivity contribution in [1.82, 2.24) is 10.2 Å². The largest absolute Gasteiger partial charge is 0.573 e. The number of ether oxygens (including phenoxy) is 1. The van der Waals surface area contributed by atoms with Crippen molar-refractivity contribution in [3.63, 3.8) is 0 Å². The maximum absolute atomic E-state index is 13.0. The minimum Gasteiger partial charge on any atom is -0.405 e. The van der Waals surface area contributed by atoms with E-state index in [1.807, 2.05) is 0 Å². The molecule has 2 aromatic carbocycles. The molecule has 2 aromatic rings. The van der Waals surface area contributed by atoms with Gasteiger partial charge in [-0.15, -0.1) is 19.6 Å². The van der Waals surface area contributed by atoms with Gasteiger partial charge in [0.15, 0.2) is 0 Å². The number of benzene rings is 2. The normalized spacial score (nSPS) is 10.8. The van der Waals surface area contributed by atoms with Crippen LogP contribution in [0, 0.1) is 18.2 Å². The molecule has 1 N–H and O–H groups in total. The first-order valence-corrected chi connectivity index (χ1v) is 7.83. The number of halogens is 4. The molecule has 0 aliphatic carbocycles. The van der Waals surface area contributed by atoms with Gasteiger partial charge < -0.3 is 15.0 Å². The second-order valence-electron chi connectivity index (χ2n) is 5.50. The Labute approximate surface area is 153 Å². The van der Waals surface area contributed by atoms with E-state index in [1.165, 1.54) is 47.4 Å². The van der Waals surface area contributed by atoms with E-state index < -0.39 is 24.0 Å². The Morgan fingerprint density at radius 1 is 1.15 bits per heavy atom. The van der Waals surface area contributed by atoms with Crippen LogP contribution in [0.15, 0.2) is 48.5 Å². The van der Waals surface area contributed by atoms with Crippen molar-refractivity contribution < 1.29 is 27.1 Å². The third kappa shape index (κ3) is 6.55. The van der Waals surface area contributed by atoms with Gasteiger partial charge in [-0.1, -0.05) is 36.3 Å². The Morgan fingerprint density at radius 3 is 2.44 bits per heavy atom. The summed E-state index contributed by atoms with van der Waals surface area (Å²) in [6.07, 6.45) is 0.434. The van der Waals surface area contributed by atoms with Crippen LogP contribution in [0.4, 0.5) is 22.4 Å². The first-order valence-electron chi connectivity index (χ1n) is 7.83. The number of alkyl halides is 3. The number of nitrogens with one attached hydrogen (secondary N) is 1. The molecule has 0 aromatic heterocycles. The smallest absolute Gasteiger partial charge is 0.405 e. The van der Waals surface area contributed by atoms with E-state index in [0.29, 0.717) is 5.56 Å². The Kier molecular flexibility index (Phi) is 6.66. The summed E-state index contributed by atoms with van der Waals surface area (Å²) >= 11 is 0. The van der Waals surface area contributed by atoms with Gasteiger partial charge in [0.05, 0.1) is 6.54 Å². The number of amides is 2. The van der Waals surface area contributed by atoms with Crippen molar-refractivity contribution in [2.24, 2.45) is 0 Å². The molecule has 0 bridgehead atoms. The fourth-order valence-corrected chi connectivity index (χ4v) is 2.28. The summed E-state index contributed by atoms with van der Waals surface area (Å²) in [5.41, 5.74) is 0.813. The minimum atomic E-state index is -4.84. The van der Waals surface area contributed by atoms with Gasteiger partial charge in [-0.05, 0) is 23.8 Å². The predicted molar refractivity (Wildman–Crippen MR) is 91.0 cm³/mol. The van der Waals surface area contributed by atoms with Crippen LogP contribution in [0.1, 0.15) is 11.1 Å². The highest BCUT2D eigenvalue weighted by Gasteiger charge is 2.32. The summed E-state index contributed by atoms with van der Waals surface area (Å²) in [6, 6.07) is 10.5. The number of urea groups is 1. The van der Waals surface area contributed by atoms with Crippen LogP contribution in [0.3, 0.4) is 0 Å². The molecule has 0 saturated carbocycles. The lowest BCUT2D eigenvalue weighted by Gasteiger charge is -2.21. The topological polar surface area (TPSA) is 41.6 Å². The summed E-state index contributed by atoms with van der Waals surface area (Å²) in [6.45, 7) is -0.0868. The maximum atomic E-state index is 13.0. The molecule has 142 valence electrons. The number of rotatable bonds is 6. The number of hydrogen-bond acceptors (Lipinski definition) is 2. The molecule has 0 atom stereocenters. The first-order chi connectivity index (χ1) is 12.8. The quantitative estimate of drug-likeness (QED) is 0.606. The van der Waals surface area contributed by atoms with Crippen LogP contribution in [-0.2, 0) is 13.1 Å². The zero-order chi connectivity index (χ0) is 19.9. The van der Waals surface area contributed by atoms with Crippen molar-refractivity contribution >= 4 is 6.03 Å². The average Bonchev–Trinajstić information content (AvgIpc) is 2.61. The average molecular weight is 380 g/mol. The Balaban J connectivity index is 2.04. The first kappa shape index (κ1) is 20.1. The minimum absolute atomic E-state index is 0.0239. The molecule has 0 unspecified atom stereocenters. The highest BCUT2D eigenvalue weighted by atomic mass is 19.4. The van der Waals surface area contributed by atoms with Gasteiger partial charge in [-0.3, -0.25) is 0 Å². The summed E-state index contributed by atoms with van der Waals surface area (Å²) in [4.78, 5) is 13.6. The summed E-state index contributed by atoms with van der Waals surface area (Å²) in [5.74, 6) is 1.53. The van der Waals surface area contributed by atoms with Crippen LogP contribution < -0.4 is 10.1 Å². The van der Waals surface area contributed by atoms with Gasteiger partial charge in [0.25, 0.3) is 0 Å². The molecule has 0 radical (unpaired) electrons. The van der Waals surface area contributed by atoms with Gasteiger partial charge >= 0.3 is 12.4 Å². The molecule has 0 spiro atoms. The lowest BCUT2D eigenvalue weighted by molar-refractivity contribution is -0.274. The molecule has 0 heterocycles. The third-order valence-corrected chi connectivity index (χ3v) is 3.48. The summed E-state index contributed by atoms with van der Waals surface area (Å²) in [5, 5.41) is 2.51. The molecule has 27 heavy (non-hydrogen) atoms. The van der Waals surface area contributed by atoms with Gasteiger partial charge in [-0.25, -0.2) is 9.18 Å². The number of carbonyl (C=O) groups excluding carboxylic acids is 1. The van der Waals surface area contributed by atoms with Gasteiger partial charge in [0, 0.05) is 18.7 Å². The van der Waals surface area contributed by atoms with Crippen LogP contribution in [0.2, 0.25) is 0 Å². The zero-order valence-corrected chi connectivity index (χ0v) is 14.1. The maximum Gasteiger partial charge on any atom is 0.573 e. The fraction of sp³-hybridized carbons (Fsp3) is 0.211. The molecular formula is C19H16F4N2O2. The number of terminal acetylenes is 1. The predicted octanol–water partition coefficient (Wildman–Crippen LogP) is 4.07. The molecule has 2 amide bonds. The van der Waals surface area contributed by atoms with Gasteiger partial charge in [0.1, 0.15) is 11.6 Å². The highest BCUT2D eigenvalue weighted by molar-refractivity contribution is 5.74. The molecule has 4 nitrogen and oxygen atoms in total. The van der Waals surface area contributed by atoms with Gasteiger partial charge in [0.2, 0.25) is 0 Å². The molecule has 0 aliphatic rings. The van der Waals surface area contributed by atoms with Gasteiger partial charge in [-0.2, -0.15) is 0 Å². The SMILES string of the molecule is C#CCN(Cc1ccc(F)cc1)C(=O)NCc1ccccc1OC(F)(F)F. The van der Waals surface area contributed by atoms with E-state index in [2.05, 4.69) is 16.0 Å². The molecule has 0 aliphatic heterocycles. The van der Waals surface area contributed by atoms with E-state index >= 15 is 0 Å². The standard InChI is InChI=1S/C19H16F4N2O2/c1-2-11-25(13-14-7-9-16(20)10-8-14)18(26)24-12-15-5-3-4-6-17(15)27-19(21,22)23/h1,3-10H,11-13H2,(H,24,26). The zero-order valence-electron chi connectivity index (χ0n) is 14.1. The van der Waals surface area contributed by atoms with Crippen LogP contribution in [-0.4, -0.2) is 23.8 Å². The number of hydrogen-bond donors (Lipinski definition) is 1. The van der Waals surface area contributed by atoms with Crippen molar-refractivity contribution in [2.45, 2.75) is 19.5 Å². The molecule has 8 heteroatoms. The van der Waals surface area contributed by atoms with Crippen LogP contribution >= 0.6 is 0 Å². The fourth-order valence-electron chi connectivity index (χ4n) is 2.28. The van der Waals surface area contributed by atoms with Crippen molar-refractivity contribution in [1.29, 1.82) is 0 Å². The Bertz CT molecular complexity index is 814. The summed E-state index contributed by atoms with van der Waals surface area (Å²) in [7, 11) is 0. The number of para-hydroxylation sites is 1. The lowest BCUT2D eigenvalue weighted by Crippen LogP contribution is -2.39. The van der Waals surface area contributed by atoms with E-state index in [1.54, 1.807) is 0 Å². The Morgan fingerprint density at radius 2 is 1.81 bits per heavy atom. The molecular weight excluding hydrogens is 364 g/mol. The molecule has 0 saturated heterocycles. The van der Waals surface area contributed by atoms with Crippen LogP contribution in [0.5, 0.6) is 5.75 Å². The lowest BCUT2D eigenvalue weighted by atomic mass is 10.2. The highest BCUT2D eigenvalue weighted by Crippen LogP contribution is 2.26. The van der Waals surface area contributed by atoms with E-state index in [-0.39, 0.29) is 25.2 Å². The van der Waals surface area contributed by atoms with Crippen LogP contribution in [0.25, 0.3) is 0 Å². The number of carbonyl (C=O) groups is 1. The summed E-state index contributed by atoms with van der Waals surface area (Å²) < 4.78 is 54.3. The Hall–Kier alpha value is -3.21. The third-order valence-electron chi connectivity index (χ3n) is 3.48. The van der Waals surface area contributed by atoms with Crippen molar-refractivity contribution in [2.75, 3.05) is 6.54 Å². The second-order valence-corrected chi connectivity index (χ2v) is 5.50.